The van der Waals surface area contributed by atoms with Crippen molar-refractivity contribution >= 4 is 28.8 Å². The number of esters is 1. The molecule has 1 amide bonds. The molecule has 0 spiro atoms. The third kappa shape index (κ3) is 5.38. The van der Waals surface area contributed by atoms with Crippen LogP contribution in [0.4, 0.5) is 0 Å². The lowest BCUT2D eigenvalue weighted by molar-refractivity contribution is -0.136. The quantitative estimate of drug-likeness (QED) is 0.493. The van der Waals surface area contributed by atoms with E-state index >= 15 is 0 Å². The summed E-state index contributed by atoms with van der Waals surface area (Å²) in [4.78, 5) is 37.6. The molecule has 1 atom stereocenters. The fourth-order valence-corrected chi connectivity index (χ4v) is 5.98. The number of thioether (sulfide) groups is 1. The molecule has 0 unspecified atom stereocenters. The third-order valence-corrected chi connectivity index (χ3v) is 7.91. The first-order chi connectivity index (χ1) is 17.4. The Kier molecular flexibility index (Phi) is 8.54. The number of amides is 1. The Bertz CT molecular complexity index is 1100. The fraction of sp³-hybridized carbons (Fsp3) is 0.519. The van der Waals surface area contributed by atoms with Gasteiger partial charge in [0.1, 0.15) is 0 Å². The van der Waals surface area contributed by atoms with Gasteiger partial charge in [-0.25, -0.2) is 9.79 Å². The van der Waals surface area contributed by atoms with Gasteiger partial charge in [-0.1, -0.05) is 42.4 Å². The lowest BCUT2D eigenvalue weighted by atomic mass is 9.89. The summed E-state index contributed by atoms with van der Waals surface area (Å²) in [5, 5.41) is 2.81. The van der Waals surface area contributed by atoms with Crippen molar-refractivity contribution in [2.24, 2.45) is 4.99 Å². The fourth-order valence-electron chi connectivity index (χ4n) is 5.05. The molecule has 0 bridgehead atoms. The smallest absolute Gasteiger partial charge is 0.338 e. The van der Waals surface area contributed by atoms with Crippen molar-refractivity contribution in [3.63, 3.8) is 0 Å². The summed E-state index contributed by atoms with van der Waals surface area (Å²) in [6, 6.07) is 5.88. The highest BCUT2D eigenvalue weighted by atomic mass is 32.2. The van der Waals surface area contributed by atoms with Gasteiger partial charge in [-0.05, 0) is 36.8 Å². The number of ether oxygens (including phenoxy) is 2. The van der Waals surface area contributed by atoms with Crippen molar-refractivity contribution in [3.05, 3.63) is 57.3 Å². The van der Waals surface area contributed by atoms with Crippen LogP contribution in [0.25, 0.3) is 0 Å². The van der Waals surface area contributed by atoms with Crippen LogP contribution in [0, 0.1) is 13.8 Å². The number of fused-ring (bicyclic) bond motifs is 1. The average Bonchev–Trinajstić information content (AvgIpc) is 3.28. The molecule has 3 aliphatic rings. The zero-order valence-electron chi connectivity index (χ0n) is 21.9. The minimum atomic E-state index is -0.388. The Morgan fingerprint density at radius 2 is 1.89 bits per heavy atom. The topological polar surface area (TPSA) is 74.7 Å². The molecule has 0 N–H and O–H groups in total. The number of rotatable bonds is 8. The van der Waals surface area contributed by atoms with Gasteiger partial charge in [-0.3, -0.25) is 9.69 Å². The van der Waals surface area contributed by atoms with Gasteiger partial charge in [0, 0.05) is 45.5 Å². The number of nitrogens with zero attached hydrogens (tertiary/aromatic N) is 4. The van der Waals surface area contributed by atoms with Crippen molar-refractivity contribution in [2.75, 3.05) is 53.6 Å². The molecular weight excluding hydrogens is 476 g/mol. The van der Waals surface area contributed by atoms with Crippen LogP contribution in [0.3, 0.4) is 0 Å². The Labute approximate surface area is 218 Å². The SMILES string of the molecule is CCC1=C(C(=O)OC)[C@@H](c2ccc(C)cc2C)N2C(CC(=O)N3CCN(CCOC)CC3)=CSC2=N1. The number of hydrogen-bond donors (Lipinski definition) is 0. The van der Waals surface area contributed by atoms with E-state index in [1.54, 1.807) is 7.11 Å². The molecule has 4 rings (SSSR count). The molecule has 0 saturated carbocycles. The molecule has 9 heteroatoms. The molecular formula is C27H36N4O4S. The van der Waals surface area contributed by atoms with Gasteiger partial charge in [0.05, 0.1) is 37.4 Å². The van der Waals surface area contributed by atoms with E-state index in [1.807, 2.05) is 17.2 Å². The summed E-state index contributed by atoms with van der Waals surface area (Å²) in [6.45, 7) is 10.8. The van der Waals surface area contributed by atoms with Gasteiger partial charge in [-0.2, -0.15) is 0 Å². The van der Waals surface area contributed by atoms with Crippen molar-refractivity contribution in [1.29, 1.82) is 0 Å². The van der Waals surface area contributed by atoms with E-state index in [0.29, 0.717) is 31.7 Å². The Balaban J connectivity index is 1.61. The lowest BCUT2D eigenvalue weighted by Gasteiger charge is -2.38. The molecule has 36 heavy (non-hydrogen) atoms. The van der Waals surface area contributed by atoms with Crippen molar-refractivity contribution in [3.8, 4) is 0 Å². The Hall–Kier alpha value is -2.62. The summed E-state index contributed by atoms with van der Waals surface area (Å²) in [5.74, 6) is -0.284. The number of aliphatic imine (C=N–C) groups is 1. The molecule has 194 valence electrons. The molecule has 1 saturated heterocycles. The molecule has 0 aromatic heterocycles. The summed E-state index contributed by atoms with van der Waals surface area (Å²) in [7, 11) is 3.12. The largest absolute Gasteiger partial charge is 0.466 e. The molecule has 3 heterocycles. The van der Waals surface area contributed by atoms with Crippen LogP contribution >= 0.6 is 11.8 Å². The number of carbonyl (C=O) groups is 2. The van der Waals surface area contributed by atoms with E-state index in [1.165, 1.54) is 18.9 Å². The Morgan fingerprint density at radius 3 is 2.53 bits per heavy atom. The van der Waals surface area contributed by atoms with E-state index in [-0.39, 0.29) is 24.3 Å². The maximum Gasteiger partial charge on any atom is 0.338 e. The number of amidine groups is 1. The van der Waals surface area contributed by atoms with Crippen LogP contribution in [0.2, 0.25) is 0 Å². The van der Waals surface area contributed by atoms with Gasteiger partial charge < -0.3 is 19.3 Å². The summed E-state index contributed by atoms with van der Waals surface area (Å²) in [5.41, 5.74) is 5.42. The number of allylic oxidation sites excluding steroid dienone is 1. The first-order valence-corrected chi connectivity index (χ1v) is 13.4. The monoisotopic (exact) mass is 512 g/mol. The molecule has 0 aliphatic carbocycles. The first-order valence-electron chi connectivity index (χ1n) is 12.5. The van der Waals surface area contributed by atoms with Gasteiger partial charge in [-0.15, -0.1) is 0 Å². The van der Waals surface area contributed by atoms with E-state index < -0.39 is 0 Å². The summed E-state index contributed by atoms with van der Waals surface area (Å²) in [6.07, 6.45) is 0.882. The van der Waals surface area contributed by atoms with Crippen LogP contribution < -0.4 is 0 Å². The summed E-state index contributed by atoms with van der Waals surface area (Å²) >= 11 is 1.52. The molecule has 1 aromatic rings. The van der Waals surface area contributed by atoms with Crippen molar-refractivity contribution in [1.82, 2.24) is 14.7 Å². The van der Waals surface area contributed by atoms with Crippen LogP contribution in [0.5, 0.6) is 0 Å². The summed E-state index contributed by atoms with van der Waals surface area (Å²) < 4.78 is 10.4. The minimum Gasteiger partial charge on any atom is -0.466 e. The third-order valence-electron chi connectivity index (χ3n) is 7.02. The van der Waals surface area contributed by atoms with Crippen LogP contribution in [-0.2, 0) is 19.1 Å². The van der Waals surface area contributed by atoms with Gasteiger partial charge in [0.15, 0.2) is 5.17 Å². The molecule has 8 nitrogen and oxygen atoms in total. The van der Waals surface area contributed by atoms with Gasteiger partial charge >= 0.3 is 5.97 Å². The van der Waals surface area contributed by atoms with Gasteiger partial charge in [0.2, 0.25) is 5.91 Å². The molecule has 1 fully saturated rings. The predicted molar refractivity (Wildman–Crippen MR) is 142 cm³/mol. The molecule has 0 radical (unpaired) electrons. The van der Waals surface area contributed by atoms with Crippen LogP contribution in [0.1, 0.15) is 42.5 Å². The normalized spacial score (nSPS) is 20.3. The van der Waals surface area contributed by atoms with Gasteiger partial charge in [0.25, 0.3) is 0 Å². The van der Waals surface area contributed by atoms with Crippen LogP contribution in [-0.4, -0.2) is 85.3 Å². The second kappa shape index (κ2) is 11.6. The second-order valence-electron chi connectivity index (χ2n) is 9.35. The maximum absolute atomic E-state index is 13.4. The average molecular weight is 513 g/mol. The molecule has 3 aliphatic heterocycles. The highest BCUT2D eigenvalue weighted by Gasteiger charge is 2.42. The zero-order valence-corrected chi connectivity index (χ0v) is 22.7. The number of methoxy groups -OCH3 is 2. The number of carbonyl (C=O) groups excluding carboxylic acids is 2. The maximum atomic E-state index is 13.4. The van der Waals surface area contributed by atoms with E-state index in [0.717, 1.165) is 52.9 Å². The second-order valence-corrected chi connectivity index (χ2v) is 10.2. The van der Waals surface area contributed by atoms with Crippen LogP contribution in [0.15, 0.2) is 45.6 Å². The number of hydrogen-bond acceptors (Lipinski definition) is 8. The van der Waals surface area contributed by atoms with E-state index in [4.69, 9.17) is 14.5 Å². The van der Waals surface area contributed by atoms with E-state index in [2.05, 4.69) is 41.8 Å². The van der Waals surface area contributed by atoms with Crippen molar-refractivity contribution in [2.45, 2.75) is 39.7 Å². The van der Waals surface area contributed by atoms with E-state index in [9.17, 15) is 9.59 Å². The highest BCUT2D eigenvalue weighted by Crippen LogP contribution is 2.46. The number of piperazine rings is 1. The van der Waals surface area contributed by atoms with Crippen molar-refractivity contribution < 1.29 is 19.1 Å². The molecule has 1 aromatic carbocycles. The standard InChI is InChI=1S/C27H36N4O4S/c1-6-22-24(26(33)35-5)25(21-8-7-18(2)15-19(21)3)31-20(17-36-27(31)28-22)16-23(32)30-11-9-29(10-12-30)13-14-34-4/h7-8,15,17,25H,6,9-14,16H2,1-5H3/t25-/m1/s1. The number of benzene rings is 1. The highest BCUT2D eigenvalue weighted by molar-refractivity contribution is 8.16. The number of aryl methyl sites for hydroxylation is 2. The first kappa shape index (κ1) is 26.4. The Morgan fingerprint density at radius 1 is 1.14 bits per heavy atom. The predicted octanol–water partition coefficient (Wildman–Crippen LogP) is 3.62. The minimum absolute atomic E-state index is 0.0961. The lowest BCUT2D eigenvalue weighted by Crippen LogP contribution is -2.49. The zero-order chi connectivity index (χ0) is 25.8.